The second-order valence-corrected chi connectivity index (χ2v) is 3.39. The maximum atomic E-state index is 11.5. The Morgan fingerprint density at radius 2 is 2.19 bits per heavy atom. The van der Waals surface area contributed by atoms with Crippen molar-refractivity contribution in [1.82, 2.24) is 10.6 Å². The minimum Gasteiger partial charge on any atom is -0.354 e. The maximum absolute atomic E-state index is 11.5. The van der Waals surface area contributed by atoms with Gasteiger partial charge in [-0.05, 0) is 11.6 Å². The van der Waals surface area contributed by atoms with Crippen molar-refractivity contribution in [2.75, 3.05) is 13.1 Å². The van der Waals surface area contributed by atoms with Crippen LogP contribution < -0.4 is 10.6 Å². The van der Waals surface area contributed by atoms with Crippen molar-refractivity contribution in [3.8, 4) is 0 Å². The highest BCUT2D eigenvalue weighted by Crippen LogP contribution is 2.00. The highest BCUT2D eigenvalue weighted by Gasteiger charge is 2.05. The molecule has 0 aliphatic carbocycles. The summed E-state index contributed by atoms with van der Waals surface area (Å²) in [6.07, 6.45) is 3.27. The molecule has 4 nitrogen and oxygen atoms in total. The van der Waals surface area contributed by atoms with Gasteiger partial charge in [0.2, 0.25) is 0 Å². The third kappa shape index (κ3) is 2.95. The van der Waals surface area contributed by atoms with Crippen molar-refractivity contribution in [2.45, 2.75) is 0 Å². The first-order valence-corrected chi connectivity index (χ1v) is 5.17. The first-order chi connectivity index (χ1) is 7.84. The maximum Gasteiger partial charge on any atom is 0.250 e. The molecule has 16 heavy (non-hydrogen) atoms. The van der Waals surface area contributed by atoms with Crippen molar-refractivity contribution in [1.29, 1.82) is 0 Å². The summed E-state index contributed by atoms with van der Waals surface area (Å²) in [6.45, 7) is 1.51. The van der Waals surface area contributed by atoms with Gasteiger partial charge < -0.3 is 5.32 Å². The molecular formula is C12H13N3O. The highest BCUT2D eigenvalue weighted by molar-refractivity contribution is 6.04. The molecule has 4 heteroatoms. The Hall–Kier alpha value is -2.10. The van der Waals surface area contributed by atoms with Gasteiger partial charge in [0.05, 0.1) is 6.54 Å². The number of benzene rings is 1. The van der Waals surface area contributed by atoms with E-state index in [1.807, 2.05) is 30.3 Å². The summed E-state index contributed by atoms with van der Waals surface area (Å²) in [7, 11) is 0. The molecule has 1 amide bonds. The fourth-order valence-corrected chi connectivity index (χ4v) is 1.38. The van der Waals surface area contributed by atoms with Gasteiger partial charge in [0.25, 0.3) is 5.91 Å². The minimum absolute atomic E-state index is 0.169. The van der Waals surface area contributed by atoms with Crippen LogP contribution in [0.2, 0.25) is 0 Å². The highest BCUT2D eigenvalue weighted by atomic mass is 16.1. The predicted molar refractivity (Wildman–Crippen MR) is 63.9 cm³/mol. The molecule has 0 aromatic heterocycles. The number of amides is 1. The van der Waals surface area contributed by atoms with Gasteiger partial charge in [-0.25, -0.2) is 0 Å². The molecule has 0 bridgehead atoms. The Kier molecular flexibility index (Phi) is 3.33. The number of aliphatic imine (C=N–C) groups is 1. The summed E-state index contributed by atoms with van der Waals surface area (Å²) in [5.74, 6) is 0.389. The molecule has 0 radical (unpaired) electrons. The van der Waals surface area contributed by atoms with Gasteiger partial charge in [0.15, 0.2) is 5.96 Å². The van der Waals surface area contributed by atoms with Crippen molar-refractivity contribution < 1.29 is 4.79 Å². The fraction of sp³-hybridized carbons (Fsp3) is 0.167. The van der Waals surface area contributed by atoms with E-state index in [1.54, 1.807) is 6.08 Å². The lowest BCUT2D eigenvalue weighted by Gasteiger charge is -2.00. The van der Waals surface area contributed by atoms with Crippen molar-refractivity contribution in [3.05, 3.63) is 42.0 Å². The average molecular weight is 215 g/mol. The normalized spacial score (nSPS) is 14.6. The van der Waals surface area contributed by atoms with Crippen LogP contribution in [0.4, 0.5) is 0 Å². The van der Waals surface area contributed by atoms with E-state index < -0.39 is 0 Å². The largest absolute Gasteiger partial charge is 0.354 e. The SMILES string of the molecule is O=C(/C=C/c1ccccc1)NC1=NCCN1. The number of nitrogens with zero attached hydrogens (tertiary/aromatic N) is 1. The number of nitrogens with one attached hydrogen (secondary N) is 2. The zero-order valence-electron chi connectivity index (χ0n) is 8.81. The Morgan fingerprint density at radius 3 is 2.88 bits per heavy atom. The monoisotopic (exact) mass is 215 g/mol. The van der Waals surface area contributed by atoms with E-state index in [1.165, 1.54) is 6.08 Å². The molecule has 0 saturated carbocycles. The zero-order chi connectivity index (χ0) is 11.2. The molecule has 1 aliphatic rings. The third-order valence-corrected chi connectivity index (χ3v) is 2.14. The Labute approximate surface area is 94.1 Å². The standard InChI is InChI=1S/C12H13N3O/c16-11(15-12-13-8-9-14-12)7-6-10-4-2-1-3-5-10/h1-7H,8-9H2,(H2,13,14,15,16)/b7-6+. The van der Waals surface area contributed by atoms with Crippen LogP contribution in [-0.2, 0) is 4.79 Å². The lowest BCUT2D eigenvalue weighted by Crippen LogP contribution is -2.37. The molecule has 0 fully saturated rings. The van der Waals surface area contributed by atoms with Crippen molar-refractivity contribution in [2.24, 2.45) is 4.99 Å². The van der Waals surface area contributed by atoms with Crippen LogP contribution in [0.3, 0.4) is 0 Å². The number of hydrogen-bond donors (Lipinski definition) is 2. The molecule has 0 atom stereocenters. The van der Waals surface area contributed by atoms with E-state index in [0.717, 1.165) is 18.7 Å². The lowest BCUT2D eigenvalue weighted by molar-refractivity contribution is -0.115. The molecular weight excluding hydrogens is 202 g/mol. The smallest absolute Gasteiger partial charge is 0.250 e. The van der Waals surface area contributed by atoms with Crippen LogP contribution in [0.5, 0.6) is 0 Å². The summed E-state index contributed by atoms with van der Waals surface area (Å²) < 4.78 is 0. The molecule has 2 rings (SSSR count). The van der Waals surface area contributed by atoms with E-state index in [-0.39, 0.29) is 5.91 Å². The zero-order valence-corrected chi connectivity index (χ0v) is 8.81. The number of hydrogen-bond acceptors (Lipinski definition) is 3. The summed E-state index contributed by atoms with van der Waals surface area (Å²) in [4.78, 5) is 15.5. The van der Waals surface area contributed by atoms with E-state index in [2.05, 4.69) is 15.6 Å². The Bertz CT molecular complexity index is 423. The van der Waals surface area contributed by atoms with Gasteiger partial charge >= 0.3 is 0 Å². The van der Waals surface area contributed by atoms with Crippen LogP contribution in [0.1, 0.15) is 5.56 Å². The van der Waals surface area contributed by atoms with Gasteiger partial charge in [-0.15, -0.1) is 0 Å². The summed E-state index contributed by atoms with van der Waals surface area (Å²) in [5.41, 5.74) is 0.999. The lowest BCUT2D eigenvalue weighted by atomic mass is 10.2. The molecule has 1 aromatic rings. The van der Waals surface area contributed by atoms with Gasteiger partial charge in [-0.1, -0.05) is 30.3 Å². The Balaban J connectivity index is 1.89. The number of carbonyl (C=O) groups is 1. The quantitative estimate of drug-likeness (QED) is 0.716. The third-order valence-electron chi connectivity index (χ3n) is 2.14. The molecule has 1 heterocycles. The summed E-state index contributed by atoms with van der Waals surface area (Å²) >= 11 is 0. The molecule has 1 aromatic carbocycles. The van der Waals surface area contributed by atoms with Gasteiger partial charge in [-0.3, -0.25) is 15.1 Å². The van der Waals surface area contributed by atoms with Gasteiger partial charge in [-0.2, -0.15) is 0 Å². The number of rotatable bonds is 2. The Morgan fingerprint density at radius 1 is 1.38 bits per heavy atom. The van der Waals surface area contributed by atoms with E-state index >= 15 is 0 Å². The second-order valence-electron chi connectivity index (χ2n) is 3.39. The summed E-state index contributed by atoms with van der Waals surface area (Å²) in [6, 6.07) is 9.68. The average Bonchev–Trinajstić information content (AvgIpc) is 2.81. The predicted octanol–water partition coefficient (Wildman–Crippen LogP) is 0.775. The molecule has 0 spiro atoms. The second kappa shape index (κ2) is 5.11. The van der Waals surface area contributed by atoms with Crippen molar-refractivity contribution in [3.63, 3.8) is 0 Å². The van der Waals surface area contributed by atoms with Crippen LogP contribution >= 0.6 is 0 Å². The topological polar surface area (TPSA) is 53.5 Å². The minimum atomic E-state index is -0.169. The molecule has 1 aliphatic heterocycles. The van der Waals surface area contributed by atoms with E-state index in [4.69, 9.17) is 0 Å². The molecule has 82 valence electrons. The first kappa shape index (κ1) is 10.4. The number of carbonyl (C=O) groups excluding carboxylic acids is 1. The molecule has 0 unspecified atom stereocenters. The van der Waals surface area contributed by atoms with Crippen molar-refractivity contribution >= 4 is 17.9 Å². The van der Waals surface area contributed by atoms with Crippen LogP contribution in [0.15, 0.2) is 41.4 Å². The molecule has 0 saturated heterocycles. The van der Waals surface area contributed by atoms with E-state index in [9.17, 15) is 4.79 Å². The van der Waals surface area contributed by atoms with Crippen LogP contribution in [0, 0.1) is 0 Å². The fourth-order valence-electron chi connectivity index (χ4n) is 1.38. The molecule has 2 N–H and O–H groups in total. The van der Waals surface area contributed by atoms with Gasteiger partial charge in [0, 0.05) is 12.6 Å². The van der Waals surface area contributed by atoms with Gasteiger partial charge in [0.1, 0.15) is 0 Å². The number of guanidine groups is 1. The summed E-state index contributed by atoms with van der Waals surface area (Å²) in [5, 5.41) is 5.63. The van der Waals surface area contributed by atoms with Crippen LogP contribution in [-0.4, -0.2) is 25.0 Å². The first-order valence-electron chi connectivity index (χ1n) is 5.17. The van der Waals surface area contributed by atoms with E-state index in [0.29, 0.717) is 5.96 Å². The van der Waals surface area contributed by atoms with Crippen LogP contribution in [0.25, 0.3) is 6.08 Å².